The van der Waals surface area contributed by atoms with Crippen LogP contribution in [-0.4, -0.2) is 19.1 Å². The molecular weight excluding hydrogens is 338 g/mol. The van der Waals surface area contributed by atoms with Crippen molar-refractivity contribution >= 4 is 16.7 Å². The van der Waals surface area contributed by atoms with Crippen LogP contribution in [-0.2, 0) is 0 Å². The molecule has 0 aliphatic heterocycles. The van der Waals surface area contributed by atoms with E-state index in [1.54, 1.807) is 7.11 Å². The quantitative estimate of drug-likeness (QED) is 0.661. The number of fused-ring (bicyclic) bond motifs is 1. The van der Waals surface area contributed by atoms with Crippen LogP contribution in [0.4, 0.5) is 0 Å². The molecule has 4 heteroatoms. The average molecular weight is 363 g/mol. The number of hydrogen-bond donors (Lipinski definition) is 1. The standard InChI is InChI=1S/C23H25NO3/c1-15(2)27-21-12-11-18(14-22(21)26-4)16(3)24-23(25)20-10-9-17-7-5-6-8-19(17)13-20/h5-16H,1-4H3,(H,24,25). The molecule has 0 spiro atoms. The van der Waals surface area contributed by atoms with E-state index in [2.05, 4.69) is 5.32 Å². The lowest BCUT2D eigenvalue weighted by Crippen LogP contribution is -2.26. The highest BCUT2D eigenvalue weighted by atomic mass is 16.5. The Bertz CT molecular complexity index is 949. The van der Waals surface area contributed by atoms with E-state index in [-0.39, 0.29) is 18.1 Å². The number of hydrogen-bond acceptors (Lipinski definition) is 3. The predicted octanol–water partition coefficient (Wildman–Crippen LogP) is 5.13. The molecule has 1 atom stereocenters. The van der Waals surface area contributed by atoms with Crippen LogP contribution in [0.2, 0.25) is 0 Å². The van der Waals surface area contributed by atoms with Crippen molar-refractivity contribution in [3.8, 4) is 11.5 Å². The maximum atomic E-state index is 12.7. The Morgan fingerprint density at radius 3 is 2.33 bits per heavy atom. The van der Waals surface area contributed by atoms with Crippen molar-refractivity contribution in [3.63, 3.8) is 0 Å². The van der Waals surface area contributed by atoms with Crippen LogP contribution in [0.1, 0.15) is 42.7 Å². The molecule has 0 aromatic heterocycles. The van der Waals surface area contributed by atoms with Crippen LogP contribution in [0.15, 0.2) is 60.7 Å². The number of ether oxygens (including phenoxy) is 2. The second kappa shape index (κ2) is 8.12. The van der Waals surface area contributed by atoms with Crippen molar-refractivity contribution in [1.29, 1.82) is 0 Å². The molecular formula is C23H25NO3. The molecule has 0 saturated carbocycles. The molecule has 1 N–H and O–H groups in total. The van der Waals surface area contributed by atoms with Gasteiger partial charge in [0.15, 0.2) is 11.5 Å². The molecule has 1 amide bonds. The minimum absolute atomic E-state index is 0.0646. The highest BCUT2D eigenvalue weighted by molar-refractivity contribution is 5.98. The Hall–Kier alpha value is -3.01. The molecule has 140 valence electrons. The second-order valence-corrected chi connectivity index (χ2v) is 6.83. The van der Waals surface area contributed by atoms with E-state index >= 15 is 0 Å². The van der Waals surface area contributed by atoms with Crippen molar-refractivity contribution in [2.24, 2.45) is 0 Å². The first-order valence-electron chi connectivity index (χ1n) is 9.12. The van der Waals surface area contributed by atoms with Gasteiger partial charge >= 0.3 is 0 Å². The zero-order chi connectivity index (χ0) is 19.4. The van der Waals surface area contributed by atoms with E-state index in [9.17, 15) is 4.79 Å². The van der Waals surface area contributed by atoms with E-state index in [0.29, 0.717) is 17.1 Å². The summed E-state index contributed by atoms with van der Waals surface area (Å²) in [6.45, 7) is 5.90. The summed E-state index contributed by atoms with van der Waals surface area (Å²) in [7, 11) is 1.62. The van der Waals surface area contributed by atoms with Crippen molar-refractivity contribution < 1.29 is 14.3 Å². The summed E-state index contributed by atoms with van der Waals surface area (Å²) in [5, 5.41) is 5.22. The van der Waals surface area contributed by atoms with Gasteiger partial charge in [0.25, 0.3) is 5.91 Å². The van der Waals surface area contributed by atoms with Crippen LogP contribution < -0.4 is 14.8 Å². The Kier molecular flexibility index (Phi) is 5.65. The molecule has 0 heterocycles. The molecule has 0 fully saturated rings. The lowest BCUT2D eigenvalue weighted by atomic mass is 10.0. The number of carbonyl (C=O) groups is 1. The lowest BCUT2D eigenvalue weighted by Gasteiger charge is -2.18. The summed E-state index contributed by atoms with van der Waals surface area (Å²) < 4.78 is 11.2. The summed E-state index contributed by atoms with van der Waals surface area (Å²) in [5.74, 6) is 1.26. The van der Waals surface area contributed by atoms with E-state index in [0.717, 1.165) is 16.3 Å². The number of benzene rings is 3. The van der Waals surface area contributed by atoms with Gasteiger partial charge in [-0.05, 0) is 61.4 Å². The fourth-order valence-electron chi connectivity index (χ4n) is 3.00. The van der Waals surface area contributed by atoms with Gasteiger partial charge in [-0.1, -0.05) is 36.4 Å². The van der Waals surface area contributed by atoms with Gasteiger partial charge in [0.05, 0.1) is 19.3 Å². The number of rotatable bonds is 6. The Labute approximate surface area is 160 Å². The van der Waals surface area contributed by atoms with Gasteiger partial charge in [-0.2, -0.15) is 0 Å². The van der Waals surface area contributed by atoms with E-state index in [1.165, 1.54) is 0 Å². The van der Waals surface area contributed by atoms with Gasteiger partial charge in [0, 0.05) is 5.56 Å². The van der Waals surface area contributed by atoms with Crippen molar-refractivity contribution in [2.75, 3.05) is 7.11 Å². The molecule has 0 aliphatic rings. The first-order chi connectivity index (χ1) is 13.0. The topological polar surface area (TPSA) is 47.6 Å². The molecule has 0 aliphatic carbocycles. The predicted molar refractivity (Wildman–Crippen MR) is 109 cm³/mol. The number of nitrogens with one attached hydrogen (secondary N) is 1. The summed E-state index contributed by atoms with van der Waals surface area (Å²) >= 11 is 0. The third kappa shape index (κ3) is 4.40. The van der Waals surface area contributed by atoms with Crippen LogP contribution in [0.3, 0.4) is 0 Å². The van der Waals surface area contributed by atoms with Crippen molar-refractivity contribution in [2.45, 2.75) is 32.9 Å². The number of carbonyl (C=O) groups excluding carboxylic acids is 1. The zero-order valence-electron chi connectivity index (χ0n) is 16.2. The summed E-state index contributed by atoms with van der Waals surface area (Å²) in [5.41, 5.74) is 1.60. The average Bonchev–Trinajstić information content (AvgIpc) is 2.67. The Morgan fingerprint density at radius 2 is 1.63 bits per heavy atom. The number of amides is 1. The van der Waals surface area contributed by atoms with E-state index < -0.39 is 0 Å². The minimum atomic E-state index is -0.161. The van der Waals surface area contributed by atoms with Crippen LogP contribution in [0, 0.1) is 0 Å². The third-order valence-electron chi connectivity index (χ3n) is 4.41. The summed E-state index contributed by atoms with van der Waals surface area (Å²) in [6, 6.07) is 19.3. The first-order valence-corrected chi connectivity index (χ1v) is 9.12. The largest absolute Gasteiger partial charge is 0.493 e. The van der Waals surface area contributed by atoms with Crippen LogP contribution >= 0.6 is 0 Å². The molecule has 3 aromatic carbocycles. The molecule has 0 radical (unpaired) electrons. The molecule has 3 aromatic rings. The summed E-state index contributed by atoms with van der Waals surface area (Å²) in [4.78, 5) is 12.7. The fraction of sp³-hybridized carbons (Fsp3) is 0.261. The molecule has 1 unspecified atom stereocenters. The highest BCUT2D eigenvalue weighted by Crippen LogP contribution is 2.31. The summed E-state index contributed by atoms with van der Waals surface area (Å²) in [6.07, 6.45) is 0.0646. The molecule has 0 saturated heterocycles. The fourth-order valence-corrected chi connectivity index (χ4v) is 3.00. The van der Waals surface area contributed by atoms with Crippen molar-refractivity contribution in [1.82, 2.24) is 5.32 Å². The molecule has 3 rings (SSSR count). The maximum absolute atomic E-state index is 12.7. The van der Waals surface area contributed by atoms with E-state index in [4.69, 9.17) is 9.47 Å². The molecule has 0 bridgehead atoms. The van der Waals surface area contributed by atoms with Gasteiger partial charge in [-0.15, -0.1) is 0 Å². The van der Waals surface area contributed by atoms with E-state index in [1.807, 2.05) is 81.4 Å². The zero-order valence-corrected chi connectivity index (χ0v) is 16.2. The smallest absolute Gasteiger partial charge is 0.251 e. The van der Waals surface area contributed by atoms with Crippen LogP contribution in [0.25, 0.3) is 10.8 Å². The Morgan fingerprint density at radius 1 is 0.889 bits per heavy atom. The van der Waals surface area contributed by atoms with Gasteiger partial charge in [-0.25, -0.2) is 0 Å². The Balaban J connectivity index is 1.77. The van der Waals surface area contributed by atoms with Crippen molar-refractivity contribution in [3.05, 3.63) is 71.8 Å². The normalized spacial score (nSPS) is 12.0. The maximum Gasteiger partial charge on any atom is 0.251 e. The highest BCUT2D eigenvalue weighted by Gasteiger charge is 2.15. The lowest BCUT2D eigenvalue weighted by molar-refractivity contribution is 0.0940. The van der Waals surface area contributed by atoms with Gasteiger partial charge < -0.3 is 14.8 Å². The first kappa shape index (κ1) is 18.8. The monoisotopic (exact) mass is 363 g/mol. The minimum Gasteiger partial charge on any atom is -0.493 e. The molecule has 27 heavy (non-hydrogen) atoms. The van der Waals surface area contributed by atoms with Gasteiger partial charge in [0.1, 0.15) is 0 Å². The second-order valence-electron chi connectivity index (χ2n) is 6.83. The molecule has 4 nitrogen and oxygen atoms in total. The van der Waals surface area contributed by atoms with Gasteiger partial charge in [0.2, 0.25) is 0 Å². The number of methoxy groups -OCH3 is 1. The third-order valence-corrected chi connectivity index (χ3v) is 4.41. The van der Waals surface area contributed by atoms with Gasteiger partial charge in [-0.3, -0.25) is 4.79 Å². The SMILES string of the molecule is COc1cc(C(C)NC(=O)c2ccc3ccccc3c2)ccc1OC(C)C. The van der Waals surface area contributed by atoms with Crippen LogP contribution in [0.5, 0.6) is 11.5 Å².